The van der Waals surface area contributed by atoms with Crippen molar-refractivity contribution in [3.8, 4) is 0 Å². The van der Waals surface area contributed by atoms with E-state index in [1.807, 2.05) is 0 Å². The number of nitrogens with one attached hydrogen (secondary N) is 1. The molecule has 3 amide bonds. The molecule has 1 aromatic carbocycles. The van der Waals surface area contributed by atoms with Gasteiger partial charge in [-0.3, -0.25) is 4.79 Å². The number of hydrogen-bond acceptors (Lipinski definition) is 2. The zero-order valence-corrected chi connectivity index (χ0v) is 10.9. The second kappa shape index (κ2) is 4.50. The molecule has 1 saturated heterocycles. The fraction of sp³-hybridized carbons (Fsp3) is 0.385. The molecule has 20 heavy (non-hydrogen) atoms. The smallest absolute Gasteiger partial charge is 0.323 e. The number of alkyl halides is 3. The second-order valence-corrected chi connectivity index (χ2v) is 4.80. The zero-order chi connectivity index (χ0) is 15.1. The Balaban J connectivity index is 2.33. The Bertz CT molecular complexity index is 554. The summed E-state index contributed by atoms with van der Waals surface area (Å²) in [7, 11) is 0. The first kappa shape index (κ1) is 14.4. The summed E-state index contributed by atoms with van der Waals surface area (Å²) in [5, 5.41) is 2.54. The van der Waals surface area contributed by atoms with Crippen molar-refractivity contribution in [2.75, 3.05) is 4.90 Å². The van der Waals surface area contributed by atoms with Crippen LogP contribution in [-0.4, -0.2) is 17.5 Å². The van der Waals surface area contributed by atoms with E-state index in [4.69, 9.17) is 0 Å². The van der Waals surface area contributed by atoms with Crippen molar-refractivity contribution in [2.45, 2.75) is 32.0 Å². The molecule has 0 saturated carbocycles. The van der Waals surface area contributed by atoms with Gasteiger partial charge in [-0.2, -0.15) is 13.2 Å². The molecule has 1 heterocycles. The minimum absolute atomic E-state index is 0.123. The summed E-state index contributed by atoms with van der Waals surface area (Å²) >= 11 is 0. The van der Waals surface area contributed by atoms with Gasteiger partial charge in [-0.05, 0) is 37.6 Å². The fourth-order valence-electron chi connectivity index (χ4n) is 1.96. The molecular formula is C13H13F3N2O2. The fourth-order valence-corrected chi connectivity index (χ4v) is 1.96. The van der Waals surface area contributed by atoms with Crippen LogP contribution in [0.5, 0.6) is 0 Å². The third-order valence-corrected chi connectivity index (χ3v) is 3.42. The molecule has 7 heteroatoms. The summed E-state index contributed by atoms with van der Waals surface area (Å²) in [5.74, 6) is -0.468. The summed E-state index contributed by atoms with van der Waals surface area (Å²) in [6.45, 7) is 3.33. The molecule has 0 radical (unpaired) electrons. The first-order valence-electron chi connectivity index (χ1n) is 6.03. The number of amides is 3. The van der Waals surface area contributed by atoms with Crippen molar-refractivity contribution in [3.05, 3.63) is 29.8 Å². The third kappa shape index (κ3) is 2.23. The Morgan fingerprint density at radius 3 is 2.15 bits per heavy atom. The van der Waals surface area contributed by atoms with Crippen LogP contribution >= 0.6 is 0 Å². The van der Waals surface area contributed by atoms with Gasteiger partial charge in [-0.15, -0.1) is 0 Å². The first-order chi connectivity index (χ1) is 9.19. The predicted octanol–water partition coefficient (Wildman–Crippen LogP) is 2.93. The van der Waals surface area contributed by atoms with Gasteiger partial charge in [0.05, 0.1) is 11.3 Å². The van der Waals surface area contributed by atoms with Crippen molar-refractivity contribution in [3.63, 3.8) is 0 Å². The van der Waals surface area contributed by atoms with Crippen molar-refractivity contribution in [2.24, 2.45) is 0 Å². The van der Waals surface area contributed by atoms with Gasteiger partial charge in [-0.25, -0.2) is 9.69 Å². The number of urea groups is 1. The van der Waals surface area contributed by atoms with Crippen LogP contribution < -0.4 is 10.2 Å². The molecule has 1 atom stereocenters. The molecule has 0 spiro atoms. The van der Waals surface area contributed by atoms with Crippen LogP contribution in [0.1, 0.15) is 25.8 Å². The Labute approximate surface area is 113 Å². The van der Waals surface area contributed by atoms with E-state index < -0.39 is 29.2 Å². The molecule has 4 nitrogen and oxygen atoms in total. The summed E-state index contributed by atoms with van der Waals surface area (Å²) < 4.78 is 37.4. The lowest BCUT2D eigenvalue weighted by atomic mass is 9.99. The first-order valence-corrected chi connectivity index (χ1v) is 6.03. The van der Waals surface area contributed by atoms with Gasteiger partial charge in [0.25, 0.3) is 5.91 Å². The van der Waals surface area contributed by atoms with Crippen LogP contribution in [0.3, 0.4) is 0 Å². The molecule has 1 fully saturated rings. The number of hydrogen-bond donors (Lipinski definition) is 1. The molecule has 1 unspecified atom stereocenters. The molecule has 0 aliphatic carbocycles. The van der Waals surface area contributed by atoms with E-state index in [1.165, 1.54) is 0 Å². The van der Waals surface area contributed by atoms with Crippen molar-refractivity contribution in [1.82, 2.24) is 5.32 Å². The highest BCUT2D eigenvalue weighted by Crippen LogP contribution is 2.32. The van der Waals surface area contributed by atoms with Gasteiger partial charge in [-0.1, -0.05) is 6.92 Å². The van der Waals surface area contributed by atoms with E-state index in [-0.39, 0.29) is 5.69 Å². The second-order valence-electron chi connectivity index (χ2n) is 4.80. The molecule has 1 N–H and O–H groups in total. The van der Waals surface area contributed by atoms with Crippen LogP contribution in [0.4, 0.5) is 23.7 Å². The molecule has 0 bridgehead atoms. The maximum Gasteiger partial charge on any atom is 0.416 e. The maximum atomic E-state index is 12.5. The van der Waals surface area contributed by atoms with Gasteiger partial charge in [0.1, 0.15) is 5.54 Å². The van der Waals surface area contributed by atoms with Gasteiger partial charge in [0.2, 0.25) is 0 Å². The average Bonchev–Trinajstić information content (AvgIpc) is 2.60. The monoisotopic (exact) mass is 286 g/mol. The molecule has 2 rings (SSSR count). The Morgan fingerprint density at radius 1 is 1.20 bits per heavy atom. The van der Waals surface area contributed by atoms with Crippen LogP contribution in [0.2, 0.25) is 0 Å². The van der Waals surface area contributed by atoms with E-state index in [2.05, 4.69) is 5.32 Å². The Kier molecular flexibility index (Phi) is 3.23. The van der Waals surface area contributed by atoms with Crippen LogP contribution in [0, 0.1) is 0 Å². The van der Waals surface area contributed by atoms with E-state index in [1.54, 1.807) is 13.8 Å². The normalized spacial score (nSPS) is 23.1. The summed E-state index contributed by atoms with van der Waals surface area (Å²) in [6, 6.07) is 3.29. The van der Waals surface area contributed by atoms with Gasteiger partial charge >= 0.3 is 12.2 Å². The van der Waals surface area contributed by atoms with Crippen molar-refractivity contribution in [1.29, 1.82) is 0 Å². The van der Waals surface area contributed by atoms with E-state index >= 15 is 0 Å². The number of benzene rings is 1. The number of imide groups is 1. The standard InChI is InChI=1S/C13H13F3N2O2/c1-3-12(2)10(19)18(11(20)17-12)9-6-4-8(5-7-9)13(14,15)16/h4-7H,3H2,1-2H3,(H,17,20). The molecule has 1 aromatic rings. The predicted molar refractivity (Wildman–Crippen MR) is 66.2 cm³/mol. The molecule has 108 valence electrons. The van der Waals surface area contributed by atoms with Gasteiger partial charge in [0.15, 0.2) is 0 Å². The van der Waals surface area contributed by atoms with Gasteiger partial charge in [0, 0.05) is 0 Å². The topological polar surface area (TPSA) is 49.4 Å². The van der Waals surface area contributed by atoms with E-state index in [0.29, 0.717) is 6.42 Å². The van der Waals surface area contributed by atoms with Crippen LogP contribution in [0.25, 0.3) is 0 Å². The third-order valence-electron chi connectivity index (χ3n) is 3.42. The minimum Gasteiger partial charge on any atom is -0.323 e. The quantitative estimate of drug-likeness (QED) is 0.850. The number of carbonyl (C=O) groups is 2. The van der Waals surface area contributed by atoms with E-state index in [9.17, 15) is 22.8 Å². The van der Waals surface area contributed by atoms with Gasteiger partial charge < -0.3 is 5.32 Å². The lowest BCUT2D eigenvalue weighted by molar-refractivity contribution is -0.137. The summed E-state index contributed by atoms with van der Waals surface area (Å²) in [6.07, 6.45) is -4.05. The highest BCUT2D eigenvalue weighted by Gasteiger charge is 2.47. The maximum absolute atomic E-state index is 12.5. The van der Waals surface area contributed by atoms with Crippen molar-refractivity contribution < 1.29 is 22.8 Å². The molecular weight excluding hydrogens is 273 g/mol. The molecule has 0 aromatic heterocycles. The average molecular weight is 286 g/mol. The SMILES string of the molecule is CCC1(C)NC(=O)N(c2ccc(C(F)(F)F)cc2)C1=O. The number of anilines is 1. The summed E-state index contributed by atoms with van der Waals surface area (Å²) in [5.41, 5.74) is -1.72. The largest absolute Gasteiger partial charge is 0.416 e. The lowest BCUT2D eigenvalue weighted by Crippen LogP contribution is -2.43. The summed E-state index contributed by atoms with van der Waals surface area (Å²) in [4.78, 5) is 24.8. The zero-order valence-electron chi connectivity index (χ0n) is 10.9. The lowest BCUT2D eigenvalue weighted by Gasteiger charge is -2.19. The molecule has 1 aliphatic heterocycles. The number of halogens is 3. The number of carbonyl (C=O) groups excluding carboxylic acids is 2. The molecule has 1 aliphatic rings. The Hall–Kier alpha value is -2.05. The van der Waals surface area contributed by atoms with E-state index in [0.717, 1.165) is 29.2 Å². The highest BCUT2D eigenvalue weighted by molar-refractivity contribution is 6.23. The highest BCUT2D eigenvalue weighted by atomic mass is 19.4. The minimum atomic E-state index is -4.45. The Morgan fingerprint density at radius 2 is 1.75 bits per heavy atom. The van der Waals surface area contributed by atoms with Crippen LogP contribution in [-0.2, 0) is 11.0 Å². The van der Waals surface area contributed by atoms with Crippen LogP contribution in [0.15, 0.2) is 24.3 Å². The number of nitrogens with zero attached hydrogens (tertiary/aromatic N) is 1. The van der Waals surface area contributed by atoms with Crippen molar-refractivity contribution >= 4 is 17.6 Å². The number of rotatable bonds is 2.